The lowest BCUT2D eigenvalue weighted by Gasteiger charge is -2.54. The molecule has 16 heavy (non-hydrogen) atoms. The van der Waals surface area contributed by atoms with E-state index in [4.69, 9.17) is 0 Å². The Morgan fingerprint density at radius 2 is 2.31 bits per heavy atom. The second kappa shape index (κ2) is 4.79. The monoisotopic (exact) mass is 301 g/mol. The maximum Gasteiger partial charge on any atom is 0.0285 e. The van der Waals surface area contributed by atoms with Crippen LogP contribution in [0.25, 0.3) is 0 Å². The third kappa shape index (κ3) is 1.98. The van der Waals surface area contributed by atoms with Crippen LogP contribution in [-0.4, -0.2) is 12.6 Å². The molecule has 3 unspecified atom stereocenters. The fraction of sp³-hybridized carbons (Fsp3) is 0.692. The molecule has 1 aromatic heterocycles. The number of halogens is 1. The van der Waals surface area contributed by atoms with Gasteiger partial charge in [-0.1, -0.05) is 20.8 Å². The molecule has 90 valence electrons. The number of rotatable bonds is 4. The molecule has 0 aromatic carbocycles. The minimum absolute atomic E-state index is 0.445. The third-order valence-corrected chi connectivity index (χ3v) is 6.01. The normalized spacial score (nSPS) is 33.8. The molecule has 0 saturated heterocycles. The van der Waals surface area contributed by atoms with Gasteiger partial charge in [0.15, 0.2) is 0 Å². The van der Waals surface area contributed by atoms with Crippen molar-refractivity contribution in [1.29, 1.82) is 0 Å². The van der Waals surface area contributed by atoms with Gasteiger partial charge in [-0.3, -0.25) is 0 Å². The van der Waals surface area contributed by atoms with E-state index >= 15 is 0 Å². The number of thiophene rings is 1. The van der Waals surface area contributed by atoms with Gasteiger partial charge < -0.3 is 5.32 Å². The summed E-state index contributed by atoms with van der Waals surface area (Å²) in [6.45, 7) is 8.04. The fourth-order valence-corrected chi connectivity index (χ4v) is 4.58. The molecule has 1 aromatic rings. The zero-order chi connectivity index (χ0) is 11.8. The van der Waals surface area contributed by atoms with Gasteiger partial charge in [-0.25, -0.2) is 0 Å². The molecule has 3 heteroatoms. The van der Waals surface area contributed by atoms with E-state index in [1.165, 1.54) is 17.3 Å². The van der Waals surface area contributed by atoms with E-state index in [0.29, 0.717) is 11.5 Å². The standard InChI is InChI=1S/C13H20BrNS/c1-4-13(3)10(7-12(13)15-5-2)11-6-9(14)8-16-11/h6,8,10,12,15H,4-5,7H2,1-3H3. The summed E-state index contributed by atoms with van der Waals surface area (Å²) in [5.41, 5.74) is 0.445. The highest BCUT2D eigenvalue weighted by Gasteiger charge is 2.50. The quantitative estimate of drug-likeness (QED) is 0.869. The first-order chi connectivity index (χ1) is 7.61. The van der Waals surface area contributed by atoms with Crippen molar-refractivity contribution in [3.8, 4) is 0 Å². The fourth-order valence-electron chi connectivity index (χ4n) is 2.86. The maximum absolute atomic E-state index is 3.62. The van der Waals surface area contributed by atoms with Gasteiger partial charge in [0.25, 0.3) is 0 Å². The average Bonchev–Trinajstić information content (AvgIpc) is 2.68. The molecule has 0 aliphatic heterocycles. The molecule has 1 saturated carbocycles. The van der Waals surface area contributed by atoms with Gasteiger partial charge in [0.1, 0.15) is 0 Å². The van der Waals surface area contributed by atoms with Crippen molar-refractivity contribution in [2.24, 2.45) is 5.41 Å². The summed E-state index contributed by atoms with van der Waals surface area (Å²) in [6, 6.07) is 3.00. The molecule has 1 fully saturated rings. The minimum Gasteiger partial charge on any atom is -0.314 e. The topological polar surface area (TPSA) is 12.0 Å². The lowest BCUT2D eigenvalue weighted by molar-refractivity contribution is 0.0475. The smallest absolute Gasteiger partial charge is 0.0285 e. The Morgan fingerprint density at radius 3 is 2.81 bits per heavy atom. The first kappa shape index (κ1) is 12.6. The zero-order valence-electron chi connectivity index (χ0n) is 10.2. The van der Waals surface area contributed by atoms with Crippen molar-refractivity contribution in [1.82, 2.24) is 5.32 Å². The Morgan fingerprint density at radius 1 is 1.56 bits per heavy atom. The predicted octanol–water partition coefficient (Wildman–Crippen LogP) is 4.39. The summed E-state index contributed by atoms with van der Waals surface area (Å²) < 4.78 is 1.23. The second-order valence-corrected chi connectivity index (χ2v) is 6.78. The summed E-state index contributed by atoms with van der Waals surface area (Å²) >= 11 is 5.45. The molecule has 2 rings (SSSR count). The SMILES string of the molecule is CCNC1CC(c2cc(Br)cs2)C1(C)CC. The first-order valence-electron chi connectivity index (χ1n) is 6.09. The van der Waals surface area contributed by atoms with Crippen molar-refractivity contribution < 1.29 is 0 Å². The molecule has 1 heterocycles. The summed E-state index contributed by atoms with van der Waals surface area (Å²) in [5, 5.41) is 5.82. The molecular weight excluding hydrogens is 282 g/mol. The average molecular weight is 302 g/mol. The molecule has 0 amide bonds. The van der Waals surface area contributed by atoms with Crippen molar-refractivity contribution in [2.45, 2.75) is 45.6 Å². The first-order valence-corrected chi connectivity index (χ1v) is 7.76. The number of hydrogen-bond donors (Lipinski definition) is 1. The highest BCUT2D eigenvalue weighted by molar-refractivity contribution is 9.10. The van der Waals surface area contributed by atoms with Crippen LogP contribution in [0, 0.1) is 5.41 Å². The summed E-state index contributed by atoms with van der Waals surface area (Å²) in [6.07, 6.45) is 2.55. The van der Waals surface area contributed by atoms with Gasteiger partial charge in [0.2, 0.25) is 0 Å². The molecule has 3 atom stereocenters. The summed E-state index contributed by atoms with van der Waals surface area (Å²) in [5.74, 6) is 0.748. The molecule has 1 aliphatic carbocycles. The Balaban J connectivity index is 2.14. The van der Waals surface area contributed by atoms with Crippen molar-refractivity contribution in [3.63, 3.8) is 0 Å². The molecule has 0 bridgehead atoms. The van der Waals surface area contributed by atoms with Gasteiger partial charge in [0.05, 0.1) is 0 Å². The number of hydrogen-bond acceptors (Lipinski definition) is 2. The highest BCUT2D eigenvalue weighted by Crippen LogP contribution is 2.56. The van der Waals surface area contributed by atoms with E-state index in [0.717, 1.165) is 12.5 Å². The number of nitrogens with one attached hydrogen (secondary N) is 1. The zero-order valence-corrected chi connectivity index (χ0v) is 12.6. The van der Waals surface area contributed by atoms with E-state index < -0.39 is 0 Å². The Labute approximate surface area is 111 Å². The van der Waals surface area contributed by atoms with Crippen LogP contribution >= 0.6 is 27.3 Å². The van der Waals surface area contributed by atoms with Crippen LogP contribution in [0.4, 0.5) is 0 Å². The van der Waals surface area contributed by atoms with E-state index in [-0.39, 0.29) is 0 Å². The largest absolute Gasteiger partial charge is 0.314 e. The van der Waals surface area contributed by atoms with Crippen LogP contribution in [-0.2, 0) is 0 Å². The molecule has 0 spiro atoms. The van der Waals surface area contributed by atoms with Crippen LogP contribution in [0.5, 0.6) is 0 Å². The Hall–Kier alpha value is 0.140. The Bertz CT molecular complexity index is 363. The minimum atomic E-state index is 0.445. The predicted molar refractivity (Wildman–Crippen MR) is 75.2 cm³/mol. The van der Waals surface area contributed by atoms with Crippen molar-refractivity contribution >= 4 is 27.3 Å². The van der Waals surface area contributed by atoms with Crippen LogP contribution in [0.1, 0.15) is 44.4 Å². The summed E-state index contributed by atoms with van der Waals surface area (Å²) in [4.78, 5) is 1.55. The van der Waals surface area contributed by atoms with E-state index in [2.05, 4.69) is 53.5 Å². The highest BCUT2D eigenvalue weighted by atomic mass is 79.9. The lowest BCUT2D eigenvalue weighted by Crippen LogP contribution is -2.56. The van der Waals surface area contributed by atoms with Gasteiger partial charge >= 0.3 is 0 Å². The van der Waals surface area contributed by atoms with Gasteiger partial charge in [0, 0.05) is 26.7 Å². The maximum atomic E-state index is 3.62. The van der Waals surface area contributed by atoms with Gasteiger partial charge in [-0.2, -0.15) is 0 Å². The van der Waals surface area contributed by atoms with Gasteiger partial charge in [-0.15, -0.1) is 11.3 Å². The van der Waals surface area contributed by atoms with Crippen LogP contribution in [0.3, 0.4) is 0 Å². The van der Waals surface area contributed by atoms with Crippen LogP contribution in [0.15, 0.2) is 15.9 Å². The van der Waals surface area contributed by atoms with Crippen molar-refractivity contribution in [2.75, 3.05) is 6.54 Å². The van der Waals surface area contributed by atoms with E-state index in [1.807, 2.05) is 11.3 Å². The van der Waals surface area contributed by atoms with Crippen LogP contribution in [0.2, 0.25) is 0 Å². The van der Waals surface area contributed by atoms with Gasteiger partial charge in [-0.05, 0) is 46.8 Å². The molecule has 1 aliphatic rings. The Kier molecular flexibility index (Phi) is 3.77. The van der Waals surface area contributed by atoms with E-state index in [1.54, 1.807) is 4.88 Å². The van der Waals surface area contributed by atoms with Crippen molar-refractivity contribution in [3.05, 3.63) is 20.8 Å². The lowest BCUT2D eigenvalue weighted by atomic mass is 9.55. The van der Waals surface area contributed by atoms with E-state index in [9.17, 15) is 0 Å². The third-order valence-electron chi connectivity index (χ3n) is 4.21. The van der Waals surface area contributed by atoms with Crippen LogP contribution < -0.4 is 5.32 Å². The second-order valence-electron chi connectivity index (χ2n) is 4.93. The molecule has 1 nitrogen and oxygen atoms in total. The summed E-state index contributed by atoms with van der Waals surface area (Å²) in [7, 11) is 0. The molecular formula is C13H20BrNS. The molecule has 1 N–H and O–H groups in total. The molecule has 0 radical (unpaired) electrons.